The Bertz CT molecular complexity index is 811. The molecule has 4 N–H and O–H groups in total. The molecule has 10 nitrogen and oxygen atoms in total. The van der Waals surface area contributed by atoms with Crippen LogP contribution in [0.25, 0.3) is 11.1 Å². The van der Waals surface area contributed by atoms with Crippen molar-refractivity contribution >= 4 is 23.1 Å². The fourth-order valence-corrected chi connectivity index (χ4v) is 2.48. The van der Waals surface area contributed by atoms with Gasteiger partial charge in [-0.05, 0) is 14.1 Å². The number of likely N-dealkylation sites (N-methyl/N-ethyl adjacent to an activating group) is 2. The molecule has 0 radical (unpaired) electrons. The highest BCUT2D eigenvalue weighted by Gasteiger charge is 2.23. The number of benzene rings is 1. The molecule has 0 aliphatic heterocycles. The molecular formula is C16H23N7O3. The van der Waals surface area contributed by atoms with Crippen molar-refractivity contribution in [2.75, 3.05) is 57.7 Å². The Morgan fingerprint density at radius 1 is 1.19 bits per heavy atom. The molecule has 1 aromatic heterocycles. The van der Waals surface area contributed by atoms with Gasteiger partial charge in [0.25, 0.3) is 5.69 Å². The van der Waals surface area contributed by atoms with Crippen LogP contribution in [0, 0.1) is 10.1 Å². The van der Waals surface area contributed by atoms with Gasteiger partial charge in [0.05, 0.1) is 12.0 Å². The van der Waals surface area contributed by atoms with Crippen molar-refractivity contribution in [1.82, 2.24) is 14.9 Å². The summed E-state index contributed by atoms with van der Waals surface area (Å²) in [5.74, 6) is 0.584. The third-order valence-corrected chi connectivity index (χ3v) is 3.91. The summed E-state index contributed by atoms with van der Waals surface area (Å²) >= 11 is 0. The maximum atomic E-state index is 11.6. The lowest BCUT2D eigenvalue weighted by Gasteiger charge is -2.22. The van der Waals surface area contributed by atoms with E-state index in [-0.39, 0.29) is 17.5 Å². The number of nitro groups is 1. The third kappa shape index (κ3) is 4.09. The van der Waals surface area contributed by atoms with Crippen LogP contribution in [0.15, 0.2) is 18.3 Å². The Hall–Kier alpha value is -3.14. The number of nitrogen functional groups attached to an aromatic ring is 2. The number of hydrogen-bond acceptors (Lipinski definition) is 9. The molecule has 0 saturated carbocycles. The van der Waals surface area contributed by atoms with Crippen molar-refractivity contribution in [2.24, 2.45) is 0 Å². The zero-order chi connectivity index (χ0) is 19.4. The zero-order valence-corrected chi connectivity index (χ0v) is 15.3. The second-order valence-corrected chi connectivity index (χ2v) is 6.05. The highest BCUT2D eigenvalue weighted by molar-refractivity contribution is 5.84. The fourth-order valence-electron chi connectivity index (χ4n) is 2.48. The molecule has 0 saturated heterocycles. The minimum Gasteiger partial charge on any atom is -0.496 e. The van der Waals surface area contributed by atoms with Crippen LogP contribution in [0.1, 0.15) is 0 Å². The minimum atomic E-state index is -0.432. The number of methoxy groups -OCH3 is 1. The monoisotopic (exact) mass is 361 g/mol. The normalized spacial score (nSPS) is 10.8. The van der Waals surface area contributed by atoms with E-state index >= 15 is 0 Å². The van der Waals surface area contributed by atoms with Gasteiger partial charge in [-0.1, -0.05) is 0 Å². The van der Waals surface area contributed by atoms with Crippen molar-refractivity contribution in [2.45, 2.75) is 0 Å². The van der Waals surface area contributed by atoms with E-state index in [1.165, 1.54) is 19.4 Å². The first-order valence-electron chi connectivity index (χ1n) is 7.85. The maximum Gasteiger partial charge on any atom is 0.293 e. The Labute approximate surface area is 151 Å². The molecule has 0 fully saturated rings. The molecule has 0 unspecified atom stereocenters. The maximum absolute atomic E-state index is 11.6. The molecule has 2 rings (SSSR count). The fraction of sp³-hybridized carbons (Fsp3) is 0.375. The van der Waals surface area contributed by atoms with Crippen LogP contribution < -0.4 is 21.1 Å². The quantitative estimate of drug-likeness (QED) is 0.551. The summed E-state index contributed by atoms with van der Waals surface area (Å²) in [7, 11) is 7.17. The van der Waals surface area contributed by atoms with Crippen molar-refractivity contribution in [3.05, 3.63) is 28.4 Å². The number of nitrogens with two attached hydrogens (primary N) is 2. The van der Waals surface area contributed by atoms with Gasteiger partial charge in [0.2, 0.25) is 5.95 Å². The largest absolute Gasteiger partial charge is 0.496 e. The number of rotatable bonds is 7. The lowest BCUT2D eigenvalue weighted by atomic mass is 10.0. The van der Waals surface area contributed by atoms with Crippen LogP contribution in [0.4, 0.5) is 23.1 Å². The number of ether oxygens (including phenoxy) is 1. The van der Waals surface area contributed by atoms with Gasteiger partial charge < -0.3 is 26.0 Å². The van der Waals surface area contributed by atoms with Gasteiger partial charge in [-0.3, -0.25) is 10.1 Å². The number of anilines is 3. The van der Waals surface area contributed by atoms with E-state index < -0.39 is 4.92 Å². The first-order valence-corrected chi connectivity index (χ1v) is 7.85. The molecule has 10 heteroatoms. The summed E-state index contributed by atoms with van der Waals surface area (Å²) in [5, 5.41) is 11.6. The zero-order valence-electron chi connectivity index (χ0n) is 15.3. The Balaban J connectivity index is 2.58. The highest BCUT2D eigenvalue weighted by Crippen LogP contribution is 2.41. The Morgan fingerprint density at radius 2 is 1.88 bits per heavy atom. The standard InChI is InChI=1S/C16H23N7O3/c1-21(2)5-6-22(3)12-8-14(26-4)10(7-13(12)23(24)25)11-9-19-16(18)20-15(11)17/h7-9H,5-6H2,1-4H3,(H4,17,18,19,20). The molecule has 0 spiro atoms. The van der Waals surface area contributed by atoms with E-state index in [2.05, 4.69) is 9.97 Å². The number of aromatic nitrogens is 2. The lowest BCUT2D eigenvalue weighted by Crippen LogP contribution is -2.28. The van der Waals surface area contributed by atoms with Crippen LogP contribution in [0.3, 0.4) is 0 Å². The van der Waals surface area contributed by atoms with Crippen molar-refractivity contribution in [3.8, 4) is 16.9 Å². The second kappa shape index (κ2) is 7.83. The number of hydrogen-bond donors (Lipinski definition) is 2. The molecule has 0 aliphatic rings. The molecular weight excluding hydrogens is 338 g/mol. The molecule has 0 aliphatic carbocycles. The van der Waals surface area contributed by atoms with Crippen molar-refractivity contribution in [1.29, 1.82) is 0 Å². The van der Waals surface area contributed by atoms with Gasteiger partial charge >= 0.3 is 0 Å². The molecule has 1 aromatic carbocycles. The van der Waals surface area contributed by atoms with Gasteiger partial charge in [-0.2, -0.15) is 4.98 Å². The van der Waals surface area contributed by atoms with E-state index in [9.17, 15) is 10.1 Å². The SMILES string of the molecule is COc1cc(N(C)CCN(C)C)c([N+](=O)[O-])cc1-c1cnc(N)nc1N. The second-order valence-electron chi connectivity index (χ2n) is 6.05. The summed E-state index contributed by atoms with van der Waals surface area (Å²) in [6, 6.07) is 3.05. The molecule has 0 atom stereocenters. The Kier molecular flexibility index (Phi) is 5.78. The number of nitro benzene ring substituents is 1. The van der Waals surface area contributed by atoms with Gasteiger partial charge in [-0.15, -0.1) is 0 Å². The van der Waals surface area contributed by atoms with E-state index in [1.807, 2.05) is 23.9 Å². The van der Waals surface area contributed by atoms with Crippen LogP contribution in [-0.2, 0) is 0 Å². The van der Waals surface area contributed by atoms with Gasteiger partial charge in [0.15, 0.2) is 0 Å². The first-order chi connectivity index (χ1) is 12.2. The van der Waals surface area contributed by atoms with E-state index in [0.29, 0.717) is 29.1 Å². The predicted octanol–water partition coefficient (Wildman–Crippen LogP) is 1.22. The molecule has 0 amide bonds. The van der Waals surface area contributed by atoms with Crippen molar-refractivity contribution < 1.29 is 9.66 Å². The summed E-state index contributed by atoms with van der Waals surface area (Å²) in [5.41, 5.74) is 12.7. The van der Waals surface area contributed by atoms with E-state index in [0.717, 1.165) is 6.54 Å². The van der Waals surface area contributed by atoms with Gasteiger partial charge in [-0.25, -0.2) is 4.98 Å². The average Bonchev–Trinajstić information content (AvgIpc) is 2.58. The summed E-state index contributed by atoms with van der Waals surface area (Å²) < 4.78 is 5.43. The average molecular weight is 361 g/mol. The summed E-state index contributed by atoms with van der Waals surface area (Å²) in [6.07, 6.45) is 1.43. The molecule has 2 aromatic rings. The summed E-state index contributed by atoms with van der Waals surface area (Å²) in [4.78, 5) is 22.8. The predicted molar refractivity (Wildman–Crippen MR) is 101 cm³/mol. The third-order valence-electron chi connectivity index (χ3n) is 3.91. The molecule has 0 bridgehead atoms. The highest BCUT2D eigenvalue weighted by atomic mass is 16.6. The molecule has 26 heavy (non-hydrogen) atoms. The van der Waals surface area contributed by atoms with Crippen LogP contribution in [0.2, 0.25) is 0 Å². The summed E-state index contributed by atoms with van der Waals surface area (Å²) in [6.45, 7) is 1.36. The number of nitrogens with zero attached hydrogens (tertiary/aromatic N) is 5. The van der Waals surface area contributed by atoms with Crippen LogP contribution >= 0.6 is 0 Å². The van der Waals surface area contributed by atoms with Crippen LogP contribution in [-0.4, -0.2) is 61.1 Å². The minimum absolute atomic E-state index is 0.0276. The molecule has 140 valence electrons. The van der Waals surface area contributed by atoms with Crippen LogP contribution in [0.5, 0.6) is 5.75 Å². The van der Waals surface area contributed by atoms with Gasteiger partial charge in [0, 0.05) is 49.6 Å². The van der Waals surface area contributed by atoms with E-state index in [1.54, 1.807) is 13.1 Å². The smallest absolute Gasteiger partial charge is 0.293 e. The molecule has 1 heterocycles. The van der Waals surface area contributed by atoms with Gasteiger partial charge in [0.1, 0.15) is 17.3 Å². The van der Waals surface area contributed by atoms with E-state index in [4.69, 9.17) is 16.2 Å². The van der Waals surface area contributed by atoms with Crippen molar-refractivity contribution in [3.63, 3.8) is 0 Å². The lowest BCUT2D eigenvalue weighted by molar-refractivity contribution is -0.384. The Morgan fingerprint density at radius 3 is 2.42 bits per heavy atom. The first kappa shape index (κ1) is 19.2. The topological polar surface area (TPSA) is 137 Å².